The molecule has 0 spiro atoms. The Hall–Kier alpha value is -1.51. The zero-order valence-corrected chi connectivity index (χ0v) is 13.1. The van der Waals surface area contributed by atoms with Crippen molar-refractivity contribution < 1.29 is 0 Å². The average Bonchev–Trinajstić information content (AvgIpc) is 2.87. The van der Waals surface area contributed by atoms with Crippen LogP contribution in [0.4, 0.5) is 0 Å². The molecule has 0 unspecified atom stereocenters. The van der Waals surface area contributed by atoms with Gasteiger partial charge in [0, 0.05) is 23.0 Å². The predicted molar refractivity (Wildman–Crippen MR) is 90.1 cm³/mol. The van der Waals surface area contributed by atoms with Gasteiger partial charge in [0.2, 0.25) is 0 Å². The van der Waals surface area contributed by atoms with E-state index in [1.54, 1.807) is 0 Å². The Kier molecular flexibility index (Phi) is 4.47. The van der Waals surface area contributed by atoms with Gasteiger partial charge < -0.3 is 4.57 Å². The molecule has 3 aromatic rings. The molecule has 0 aliphatic heterocycles. The Balaban J connectivity index is 2.07. The number of para-hydroxylation sites is 2. The third-order valence-electron chi connectivity index (χ3n) is 3.52. The van der Waals surface area contributed by atoms with Crippen LogP contribution in [0.15, 0.2) is 48.5 Å². The van der Waals surface area contributed by atoms with Crippen LogP contribution in [0.2, 0.25) is 5.02 Å². The van der Waals surface area contributed by atoms with Gasteiger partial charge in [-0.05, 0) is 49.2 Å². The molecule has 2 aromatic carbocycles. The van der Waals surface area contributed by atoms with Gasteiger partial charge in [-0.3, -0.25) is 0 Å². The molecule has 0 aliphatic carbocycles. The van der Waals surface area contributed by atoms with Crippen LogP contribution in [0.3, 0.4) is 0 Å². The van der Waals surface area contributed by atoms with E-state index < -0.39 is 0 Å². The molecule has 0 saturated heterocycles. The van der Waals surface area contributed by atoms with Gasteiger partial charge in [-0.15, -0.1) is 11.6 Å². The van der Waals surface area contributed by atoms with E-state index in [0.29, 0.717) is 5.88 Å². The maximum atomic E-state index is 5.98. The first-order valence-electron chi connectivity index (χ1n) is 7.07. The topological polar surface area (TPSA) is 17.8 Å². The van der Waals surface area contributed by atoms with Gasteiger partial charge in [-0.1, -0.05) is 23.7 Å². The summed E-state index contributed by atoms with van der Waals surface area (Å²) in [7, 11) is 0. The Labute approximate surface area is 134 Å². The van der Waals surface area contributed by atoms with E-state index in [4.69, 9.17) is 28.2 Å². The Morgan fingerprint density at radius 3 is 2.48 bits per heavy atom. The van der Waals surface area contributed by atoms with Crippen LogP contribution in [0.1, 0.15) is 12.8 Å². The highest BCUT2D eigenvalue weighted by molar-refractivity contribution is 6.30. The van der Waals surface area contributed by atoms with Crippen LogP contribution in [0.5, 0.6) is 0 Å². The fraction of sp³-hybridized carbons (Fsp3) is 0.235. The zero-order chi connectivity index (χ0) is 14.7. The van der Waals surface area contributed by atoms with Gasteiger partial charge in [0.15, 0.2) is 0 Å². The Bertz CT molecular complexity index is 732. The maximum absolute atomic E-state index is 5.98. The minimum Gasteiger partial charge on any atom is -0.324 e. The molecule has 0 fully saturated rings. The summed E-state index contributed by atoms with van der Waals surface area (Å²) in [6, 6.07) is 16.1. The standard InChI is InChI=1S/C17H16Cl2N2/c18-11-3-4-12-21-16-6-2-1-5-15(16)20-17(21)13-7-9-14(19)10-8-13/h1-2,5-10H,3-4,11-12H2. The fourth-order valence-electron chi connectivity index (χ4n) is 2.49. The Morgan fingerprint density at radius 1 is 0.952 bits per heavy atom. The van der Waals surface area contributed by atoms with Crippen LogP contribution >= 0.6 is 23.2 Å². The molecule has 0 amide bonds. The molecule has 1 heterocycles. The predicted octanol–water partition coefficient (Wildman–Crippen LogP) is 5.38. The molecule has 0 N–H and O–H groups in total. The summed E-state index contributed by atoms with van der Waals surface area (Å²) in [5.74, 6) is 1.69. The lowest BCUT2D eigenvalue weighted by atomic mass is 10.2. The zero-order valence-electron chi connectivity index (χ0n) is 11.6. The summed E-state index contributed by atoms with van der Waals surface area (Å²) in [4.78, 5) is 4.78. The number of alkyl halides is 1. The molecule has 2 nitrogen and oxygen atoms in total. The molecule has 4 heteroatoms. The van der Waals surface area contributed by atoms with Crippen molar-refractivity contribution in [3.63, 3.8) is 0 Å². The summed E-state index contributed by atoms with van der Waals surface area (Å²) in [6.45, 7) is 0.922. The van der Waals surface area contributed by atoms with Gasteiger partial charge in [0.05, 0.1) is 11.0 Å². The third-order valence-corrected chi connectivity index (χ3v) is 4.04. The average molecular weight is 319 g/mol. The molecule has 108 valence electrons. The largest absolute Gasteiger partial charge is 0.324 e. The van der Waals surface area contributed by atoms with Gasteiger partial charge in [-0.25, -0.2) is 4.98 Å². The number of hydrogen-bond donors (Lipinski definition) is 0. The van der Waals surface area contributed by atoms with Gasteiger partial charge in [0.25, 0.3) is 0 Å². The molecule has 0 aliphatic rings. The number of aromatic nitrogens is 2. The molecule has 0 radical (unpaired) electrons. The van der Waals surface area contributed by atoms with E-state index in [9.17, 15) is 0 Å². The van der Waals surface area contributed by atoms with E-state index in [-0.39, 0.29) is 0 Å². The van der Waals surface area contributed by atoms with Crippen molar-refractivity contribution in [2.45, 2.75) is 19.4 Å². The van der Waals surface area contributed by atoms with Gasteiger partial charge in [0.1, 0.15) is 5.82 Å². The lowest BCUT2D eigenvalue weighted by molar-refractivity contribution is 0.653. The van der Waals surface area contributed by atoms with E-state index in [1.165, 1.54) is 0 Å². The number of fused-ring (bicyclic) bond motifs is 1. The van der Waals surface area contributed by atoms with Crippen molar-refractivity contribution >= 4 is 34.2 Å². The molecular formula is C17H16Cl2N2. The van der Waals surface area contributed by atoms with Crippen molar-refractivity contribution in [1.29, 1.82) is 0 Å². The van der Waals surface area contributed by atoms with Crippen molar-refractivity contribution in [2.24, 2.45) is 0 Å². The molecule has 3 rings (SSSR count). The fourth-order valence-corrected chi connectivity index (χ4v) is 2.80. The molecule has 0 saturated carbocycles. The second kappa shape index (κ2) is 6.50. The number of nitrogens with zero attached hydrogens (tertiary/aromatic N) is 2. The number of halogens is 2. The molecule has 1 aromatic heterocycles. The number of hydrogen-bond acceptors (Lipinski definition) is 1. The van der Waals surface area contributed by atoms with E-state index >= 15 is 0 Å². The summed E-state index contributed by atoms with van der Waals surface area (Å²) in [5, 5.41) is 0.739. The molecular weight excluding hydrogens is 303 g/mol. The highest BCUT2D eigenvalue weighted by Gasteiger charge is 2.11. The van der Waals surface area contributed by atoms with Crippen molar-refractivity contribution in [2.75, 3.05) is 5.88 Å². The molecule has 0 bridgehead atoms. The van der Waals surface area contributed by atoms with Crippen LogP contribution in [-0.2, 0) is 6.54 Å². The van der Waals surface area contributed by atoms with Crippen molar-refractivity contribution in [3.05, 3.63) is 53.6 Å². The SMILES string of the molecule is ClCCCCn1c(-c2ccc(Cl)cc2)nc2ccccc21. The quantitative estimate of drug-likeness (QED) is 0.456. The minimum absolute atomic E-state index is 0.697. The molecule has 21 heavy (non-hydrogen) atoms. The third kappa shape index (κ3) is 3.07. The lowest BCUT2D eigenvalue weighted by Crippen LogP contribution is -2.01. The highest BCUT2D eigenvalue weighted by atomic mass is 35.5. The highest BCUT2D eigenvalue weighted by Crippen LogP contribution is 2.26. The van der Waals surface area contributed by atoms with E-state index in [0.717, 1.165) is 46.8 Å². The molecule has 0 atom stereocenters. The second-order valence-corrected chi connectivity index (χ2v) is 5.79. The van der Waals surface area contributed by atoms with Gasteiger partial charge in [-0.2, -0.15) is 0 Å². The van der Waals surface area contributed by atoms with Crippen molar-refractivity contribution in [3.8, 4) is 11.4 Å². The maximum Gasteiger partial charge on any atom is 0.141 e. The van der Waals surface area contributed by atoms with E-state index in [1.807, 2.05) is 42.5 Å². The number of aryl methyl sites for hydroxylation is 1. The van der Waals surface area contributed by atoms with Crippen LogP contribution in [-0.4, -0.2) is 15.4 Å². The summed E-state index contributed by atoms with van der Waals surface area (Å²) >= 11 is 11.8. The number of benzene rings is 2. The number of unbranched alkanes of at least 4 members (excludes halogenated alkanes) is 1. The first kappa shape index (κ1) is 14.4. The first-order valence-corrected chi connectivity index (χ1v) is 7.98. The first-order chi connectivity index (χ1) is 10.3. The monoisotopic (exact) mass is 318 g/mol. The lowest BCUT2D eigenvalue weighted by Gasteiger charge is -2.09. The summed E-state index contributed by atoms with van der Waals surface area (Å²) < 4.78 is 2.27. The smallest absolute Gasteiger partial charge is 0.141 e. The number of imidazole rings is 1. The Morgan fingerprint density at radius 2 is 1.71 bits per heavy atom. The number of rotatable bonds is 5. The van der Waals surface area contributed by atoms with Crippen LogP contribution < -0.4 is 0 Å². The second-order valence-electron chi connectivity index (χ2n) is 4.98. The normalized spacial score (nSPS) is 11.1. The minimum atomic E-state index is 0.697. The summed E-state index contributed by atoms with van der Waals surface area (Å²) in [5.41, 5.74) is 3.27. The van der Waals surface area contributed by atoms with Crippen LogP contribution in [0.25, 0.3) is 22.4 Å². The van der Waals surface area contributed by atoms with Crippen molar-refractivity contribution in [1.82, 2.24) is 9.55 Å². The summed E-state index contributed by atoms with van der Waals surface area (Å²) in [6.07, 6.45) is 2.05. The van der Waals surface area contributed by atoms with E-state index in [2.05, 4.69) is 10.6 Å². The van der Waals surface area contributed by atoms with Gasteiger partial charge >= 0.3 is 0 Å². The van der Waals surface area contributed by atoms with Crippen LogP contribution in [0, 0.1) is 0 Å².